The molecule has 2 aromatic rings. The van der Waals surface area contributed by atoms with Crippen LogP contribution in [0.3, 0.4) is 0 Å². The molecule has 0 aromatic heterocycles. The normalized spacial score (nSPS) is 14.3. The first-order chi connectivity index (χ1) is 14.5. The first-order valence-electron chi connectivity index (χ1n) is 10.00. The summed E-state index contributed by atoms with van der Waals surface area (Å²) in [5.74, 6) is 0.625. The maximum atomic E-state index is 12.4. The molecule has 0 aliphatic carbocycles. The van der Waals surface area contributed by atoms with Gasteiger partial charge in [0, 0.05) is 31.2 Å². The molecule has 2 N–H and O–H groups in total. The van der Waals surface area contributed by atoms with Crippen molar-refractivity contribution in [1.29, 1.82) is 0 Å². The van der Waals surface area contributed by atoms with Gasteiger partial charge >= 0.3 is 6.03 Å². The van der Waals surface area contributed by atoms with E-state index in [-0.39, 0.29) is 18.0 Å². The van der Waals surface area contributed by atoms with Gasteiger partial charge in [-0.2, -0.15) is 0 Å². The average molecular weight is 450 g/mol. The number of benzene rings is 2. The number of anilines is 1. The zero-order valence-corrected chi connectivity index (χ0v) is 18.1. The van der Waals surface area contributed by atoms with E-state index in [9.17, 15) is 9.59 Å². The molecule has 3 rings (SSSR count). The van der Waals surface area contributed by atoms with Crippen LogP contribution in [0.5, 0.6) is 5.75 Å². The lowest BCUT2D eigenvalue weighted by molar-refractivity contribution is -0.132. The smallest absolute Gasteiger partial charge is 0.319 e. The summed E-state index contributed by atoms with van der Waals surface area (Å²) in [6.07, 6.45) is 2.48. The van der Waals surface area contributed by atoms with Crippen molar-refractivity contribution in [2.75, 3.05) is 25.0 Å². The number of para-hydroxylation sites is 1. The molecule has 1 aliphatic heterocycles. The molecule has 0 bridgehead atoms. The second-order valence-electron chi connectivity index (χ2n) is 7.12. The Balaban J connectivity index is 1.33. The topological polar surface area (TPSA) is 70.7 Å². The van der Waals surface area contributed by atoms with E-state index in [0.29, 0.717) is 48.3 Å². The molecule has 6 nitrogen and oxygen atoms in total. The fraction of sp³-hybridized carbons (Fsp3) is 0.364. The second-order valence-corrected chi connectivity index (χ2v) is 7.91. The number of nitrogens with zero attached hydrogens (tertiary/aromatic N) is 1. The number of hydrogen-bond donors (Lipinski definition) is 2. The number of hydrogen-bond acceptors (Lipinski definition) is 3. The van der Waals surface area contributed by atoms with Crippen LogP contribution < -0.4 is 15.4 Å². The van der Waals surface area contributed by atoms with Gasteiger partial charge in [-0.05, 0) is 43.5 Å². The molecule has 0 atom stereocenters. The largest absolute Gasteiger partial charge is 0.492 e. The molecule has 1 fully saturated rings. The monoisotopic (exact) mass is 449 g/mol. The molecule has 0 spiro atoms. The maximum Gasteiger partial charge on any atom is 0.319 e. The third-order valence-corrected chi connectivity index (χ3v) is 5.72. The molecule has 8 heteroatoms. The van der Waals surface area contributed by atoms with Gasteiger partial charge in [0.15, 0.2) is 0 Å². The third-order valence-electron chi connectivity index (χ3n) is 4.92. The fourth-order valence-corrected chi connectivity index (χ4v) is 3.65. The minimum Gasteiger partial charge on any atom is -0.492 e. The summed E-state index contributed by atoms with van der Waals surface area (Å²) in [7, 11) is 0. The number of nitrogens with one attached hydrogen (secondary N) is 2. The molecular formula is C22H25Cl2N3O3. The first kappa shape index (κ1) is 22.2. The van der Waals surface area contributed by atoms with Gasteiger partial charge in [0.1, 0.15) is 10.8 Å². The number of carbonyl (C=O) groups excluding carboxylic acids is 2. The van der Waals surface area contributed by atoms with Crippen molar-refractivity contribution in [2.24, 2.45) is 0 Å². The van der Waals surface area contributed by atoms with Crippen LogP contribution in [0.25, 0.3) is 0 Å². The molecule has 0 radical (unpaired) electrons. The number of halogens is 2. The second kappa shape index (κ2) is 11.1. The van der Waals surface area contributed by atoms with E-state index in [1.807, 2.05) is 35.2 Å². The van der Waals surface area contributed by atoms with Gasteiger partial charge in [0.05, 0.1) is 11.6 Å². The van der Waals surface area contributed by atoms with Crippen molar-refractivity contribution in [2.45, 2.75) is 31.7 Å². The standard InChI is InChI=1S/C22H25Cl2N3O3/c23-18-8-4-9-19(21(18)24)30-15-5-10-20(28)27-13-11-17(12-14-27)26-22(29)25-16-6-2-1-3-7-16/h1-4,6-9,17H,5,10-15H2,(H2,25,26,29). The minimum atomic E-state index is -0.220. The van der Waals surface area contributed by atoms with Crippen LogP contribution >= 0.6 is 23.2 Å². The molecule has 1 aliphatic rings. The van der Waals surface area contributed by atoms with Crippen molar-refractivity contribution in [1.82, 2.24) is 10.2 Å². The molecule has 1 saturated heterocycles. The van der Waals surface area contributed by atoms with Crippen molar-refractivity contribution in [3.63, 3.8) is 0 Å². The minimum absolute atomic E-state index is 0.0612. The predicted octanol–water partition coefficient (Wildman–Crippen LogP) is 4.97. The number of rotatable bonds is 7. The predicted molar refractivity (Wildman–Crippen MR) is 119 cm³/mol. The number of carbonyl (C=O) groups is 2. The van der Waals surface area contributed by atoms with E-state index < -0.39 is 0 Å². The van der Waals surface area contributed by atoms with E-state index >= 15 is 0 Å². The summed E-state index contributed by atoms with van der Waals surface area (Å²) < 4.78 is 5.62. The van der Waals surface area contributed by atoms with Gasteiger partial charge in [0.25, 0.3) is 0 Å². The van der Waals surface area contributed by atoms with Crippen molar-refractivity contribution < 1.29 is 14.3 Å². The highest BCUT2D eigenvalue weighted by Crippen LogP contribution is 2.31. The Morgan fingerprint density at radius 1 is 1.03 bits per heavy atom. The number of piperidine rings is 1. The van der Waals surface area contributed by atoms with Crippen LogP contribution in [0, 0.1) is 0 Å². The highest BCUT2D eigenvalue weighted by atomic mass is 35.5. The molecule has 2 aromatic carbocycles. The van der Waals surface area contributed by atoms with E-state index in [0.717, 1.165) is 18.5 Å². The third kappa shape index (κ3) is 6.54. The Hall–Kier alpha value is -2.44. The quantitative estimate of drug-likeness (QED) is 0.586. The summed E-state index contributed by atoms with van der Waals surface area (Å²) in [6.45, 7) is 1.66. The summed E-state index contributed by atoms with van der Waals surface area (Å²) in [4.78, 5) is 26.4. The Morgan fingerprint density at radius 3 is 2.50 bits per heavy atom. The summed E-state index contributed by atoms with van der Waals surface area (Å²) in [5, 5.41) is 6.62. The summed E-state index contributed by atoms with van der Waals surface area (Å²) in [5.41, 5.74) is 0.754. The van der Waals surface area contributed by atoms with Gasteiger partial charge in [-0.3, -0.25) is 4.79 Å². The molecule has 3 amide bonds. The molecular weight excluding hydrogens is 425 g/mol. The number of amides is 3. The van der Waals surface area contributed by atoms with Crippen LogP contribution in [-0.2, 0) is 4.79 Å². The van der Waals surface area contributed by atoms with Gasteiger partial charge in [0.2, 0.25) is 5.91 Å². The number of urea groups is 1. The number of ether oxygens (including phenoxy) is 1. The van der Waals surface area contributed by atoms with Gasteiger partial charge < -0.3 is 20.3 Å². The van der Waals surface area contributed by atoms with Gasteiger partial charge in [-0.15, -0.1) is 0 Å². The van der Waals surface area contributed by atoms with Crippen LogP contribution in [0.1, 0.15) is 25.7 Å². The molecule has 0 saturated carbocycles. The Morgan fingerprint density at radius 2 is 1.77 bits per heavy atom. The van der Waals surface area contributed by atoms with Crippen LogP contribution in [-0.4, -0.2) is 42.6 Å². The lowest BCUT2D eigenvalue weighted by Crippen LogP contribution is -2.47. The van der Waals surface area contributed by atoms with Crippen LogP contribution in [0.4, 0.5) is 10.5 Å². The summed E-state index contributed by atoms with van der Waals surface area (Å²) in [6, 6.07) is 14.4. The fourth-order valence-electron chi connectivity index (χ4n) is 3.31. The highest BCUT2D eigenvalue weighted by molar-refractivity contribution is 6.42. The highest BCUT2D eigenvalue weighted by Gasteiger charge is 2.23. The van der Waals surface area contributed by atoms with Crippen molar-refractivity contribution >= 4 is 40.8 Å². The zero-order chi connectivity index (χ0) is 21.3. The number of likely N-dealkylation sites (tertiary alicyclic amines) is 1. The lowest BCUT2D eigenvalue weighted by Gasteiger charge is -2.32. The summed E-state index contributed by atoms with van der Waals surface area (Å²) >= 11 is 12.0. The lowest BCUT2D eigenvalue weighted by atomic mass is 10.0. The van der Waals surface area contributed by atoms with Crippen molar-refractivity contribution in [3.05, 3.63) is 58.6 Å². The van der Waals surface area contributed by atoms with Gasteiger partial charge in [-0.1, -0.05) is 47.5 Å². The van der Waals surface area contributed by atoms with E-state index in [4.69, 9.17) is 27.9 Å². The van der Waals surface area contributed by atoms with E-state index in [2.05, 4.69) is 10.6 Å². The molecule has 30 heavy (non-hydrogen) atoms. The SMILES string of the molecule is O=C(Nc1ccccc1)NC1CCN(C(=O)CCCOc2cccc(Cl)c2Cl)CC1. The van der Waals surface area contributed by atoms with E-state index in [1.54, 1.807) is 18.2 Å². The van der Waals surface area contributed by atoms with Crippen LogP contribution in [0.15, 0.2) is 48.5 Å². The molecule has 1 heterocycles. The Kier molecular flexibility index (Phi) is 8.22. The van der Waals surface area contributed by atoms with Crippen LogP contribution in [0.2, 0.25) is 10.0 Å². The Labute approximate surface area is 186 Å². The van der Waals surface area contributed by atoms with Crippen molar-refractivity contribution in [3.8, 4) is 5.75 Å². The zero-order valence-electron chi connectivity index (χ0n) is 16.6. The van der Waals surface area contributed by atoms with Gasteiger partial charge in [-0.25, -0.2) is 4.79 Å². The average Bonchev–Trinajstić information content (AvgIpc) is 2.75. The molecule has 160 valence electrons. The first-order valence-corrected chi connectivity index (χ1v) is 10.8. The molecule has 0 unspecified atom stereocenters. The maximum absolute atomic E-state index is 12.4. The Bertz CT molecular complexity index is 856. The van der Waals surface area contributed by atoms with E-state index in [1.165, 1.54) is 0 Å².